The van der Waals surface area contributed by atoms with Crippen LogP contribution in [0.15, 0.2) is 54.7 Å². The predicted octanol–water partition coefficient (Wildman–Crippen LogP) is 3.83. The molecule has 0 bridgehead atoms. The zero-order chi connectivity index (χ0) is 16.9. The van der Waals surface area contributed by atoms with Crippen molar-refractivity contribution in [3.05, 3.63) is 71.4 Å². The molecule has 4 heteroatoms. The fraction of sp³-hybridized carbons (Fsp3) is 0.286. The Bertz CT molecular complexity index is 951. The number of hydrogen-bond donors (Lipinski definition) is 1. The number of amides is 1. The first-order valence-electron chi connectivity index (χ1n) is 8.85. The van der Waals surface area contributed by atoms with Gasteiger partial charge in [0.05, 0.1) is 23.3 Å². The standard InChI is InChI=1S/C21H20N2O2/c24-20(17-6-3-5-15-8-11-22-19(15)17)23-12-9-21(10-13-23)18-7-2-1-4-16(18)14-25-21/h1-8,11,22H,9-10,12-14H2. The zero-order valence-corrected chi connectivity index (χ0v) is 14.0. The fourth-order valence-corrected chi connectivity index (χ4v) is 4.30. The molecule has 2 aromatic carbocycles. The monoisotopic (exact) mass is 332 g/mol. The maximum atomic E-state index is 13.0. The molecular weight excluding hydrogens is 312 g/mol. The number of nitrogens with zero attached hydrogens (tertiary/aromatic N) is 1. The first-order chi connectivity index (χ1) is 12.3. The Hall–Kier alpha value is -2.59. The van der Waals surface area contributed by atoms with E-state index in [1.165, 1.54) is 11.1 Å². The van der Waals surface area contributed by atoms with Crippen LogP contribution in [0.4, 0.5) is 0 Å². The van der Waals surface area contributed by atoms with Gasteiger partial charge in [0, 0.05) is 24.7 Å². The van der Waals surface area contributed by atoms with Crippen LogP contribution in [-0.2, 0) is 16.9 Å². The molecule has 1 aromatic heterocycles. The van der Waals surface area contributed by atoms with Crippen molar-refractivity contribution in [2.75, 3.05) is 13.1 Å². The van der Waals surface area contributed by atoms with E-state index >= 15 is 0 Å². The number of carbonyl (C=O) groups excluding carboxylic acids is 1. The molecule has 1 fully saturated rings. The van der Waals surface area contributed by atoms with Crippen LogP contribution in [-0.4, -0.2) is 28.9 Å². The topological polar surface area (TPSA) is 45.3 Å². The number of piperidine rings is 1. The van der Waals surface area contributed by atoms with Gasteiger partial charge in [0.1, 0.15) is 0 Å². The molecule has 0 aliphatic carbocycles. The maximum absolute atomic E-state index is 13.0. The molecule has 3 heterocycles. The predicted molar refractivity (Wildman–Crippen MR) is 96.3 cm³/mol. The highest BCUT2D eigenvalue weighted by atomic mass is 16.5. The van der Waals surface area contributed by atoms with Gasteiger partial charge in [-0.1, -0.05) is 36.4 Å². The van der Waals surface area contributed by atoms with Crippen molar-refractivity contribution in [2.45, 2.75) is 25.0 Å². The number of aromatic amines is 1. The molecule has 0 saturated carbocycles. The molecule has 3 aromatic rings. The van der Waals surface area contributed by atoms with Gasteiger partial charge < -0.3 is 14.6 Å². The summed E-state index contributed by atoms with van der Waals surface area (Å²) in [6.45, 7) is 2.14. The van der Waals surface area contributed by atoms with E-state index in [0.29, 0.717) is 6.61 Å². The number of para-hydroxylation sites is 1. The normalized spacial score (nSPS) is 18.6. The smallest absolute Gasteiger partial charge is 0.255 e. The van der Waals surface area contributed by atoms with Crippen LogP contribution in [0, 0.1) is 0 Å². The number of likely N-dealkylation sites (tertiary alicyclic amines) is 1. The van der Waals surface area contributed by atoms with E-state index in [0.717, 1.165) is 42.4 Å². The summed E-state index contributed by atoms with van der Waals surface area (Å²) in [5.74, 6) is 0.106. The van der Waals surface area contributed by atoms with E-state index in [4.69, 9.17) is 4.74 Å². The molecule has 0 unspecified atom stereocenters. The number of rotatable bonds is 1. The molecular formula is C21H20N2O2. The van der Waals surface area contributed by atoms with Crippen molar-refractivity contribution in [1.29, 1.82) is 0 Å². The minimum absolute atomic E-state index is 0.106. The van der Waals surface area contributed by atoms with Crippen molar-refractivity contribution in [3.63, 3.8) is 0 Å². The van der Waals surface area contributed by atoms with Gasteiger partial charge in [-0.25, -0.2) is 0 Å². The molecule has 4 nitrogen and oxygen atoms in total. The number of nitrogens with one attached hydrogen (secondary N) is 1. The highest BCUT2D eigenvalue weighted by molar-refractivity contribution is 6.05. The van der Waals surface area contributed by atoms with Crippen LogP contribution in [0.3, 0.4) is 0 Å². The lowest BCUT2D eigenvalue weighted by Crippen LogP contribution is -2.45. The average Bonchev–Trinajstić information content (AvgIpc) is 3.28. The molecule has 2 aliphatic rings. The number of benzene rings is 2. The third-order valence-corrected chi connectivity index (χ3v) is 5.69. The quantitative estimate of drug-likeness (QED) is 0.736. The van der Waals surface area contributed by atoms with Gasteiger partial charge in [-0.15, -0.1) is 0 Å². The summed E-state index contributed by atoms with van der Waals surface area (Å²) in [5.41, 5.74) is 4.08. The molecule has 1 N–H and O–H groups in total. The first kappa shape index (κ1) is 14.7. The van der Waals surface area contributed by atoms with Gasteiger partial charge in [-0.2, -0.15) is 0 Å². The number of aromatic nitrogens is 1. The Balaban J connectivity index is 1.39. The number of H-pyrrole nitrogens is 1. The molecule has 2 aliphatic heterocycles. The minimum atomic E-state index is -0.203. The summed E-state index contributed by atoms with van der Waals surface area (Å²) in [6.07, 6.45) is 3.60. The van der Waals surface area contributed by atoms with E-state index in [9.17, 15) is 4.79 Å². The second-order valence-corrected chi connectivity index (χ2v) is 6.98. The Morgan fingerprint density at radius 3 is 2.76 bits per heavy atom. The lowest BCUT2D eigenvalue weighted by molar-refractivity contribution is -0.0741. The molecule has 5 rings (SSSR count). The summed E-state index contributed by atoms with van der Waals surface area (Å²) in [4.78, 5) is 18.2. The second-order valence-electron chi connectivity index (χ2n) is 6.98. The van der Waals surface area contributed by atoms with Crippen LogP contribution >= 0.6 is 0 Å². The van der Waals surface area contributed by atoms with E-state index < -0.39 is 0 Å². The van der Waals surface area contributed by atoms with Crippen LogP contribution in [0.2, 0.25) is 0 Å². The van der Waals surface area contributed by atoms with Crippen molar-refractivity contribution in [1.82, 2.24) is 9.88 Å². The summed E-state index contributed by atoms with van der Waals surface area (Å²) in [5, 5.41) is 1.08. The molecule has 0 atom stereocenters. The largest absolute Gasteiger partial charge is 0.365 e. The Kier molecular flexibility index (Phi) is 3.22. The maximum Gasteiger partial charge on any atom is 0.255 e. The Morgan fingerprint density at radius 2 is 1.88 bits per heavy atom. The van der Waals surface area contributed by atoms with Crippen LogP contribution in [0.5, 0.6) is 0 Å². The Morgan fingerprint density at radius 1 is 1.04 bits per heavy atom. The highest BCUT2D eigenvalue weighted by Gasteiger charge is 2.43. The molecule has 1 saturated heterocycles. The van der Waals surface area contributed by atoms with Gasteiger partial charge in [0.15, 0.2) is 0 Å². The van der Waals surface area contributed by atoms with Gasteiger partial charge in [-0.05, 0) is 36.1 Å². The number of hydrogen-bond acceptors (Lipinski definition) is 2. The number of fused-ring (bicyclic) bond motifs is 3. The average molecular weight is 332 g/mol. The van der Waals surface area contributed by atoms with E-state index in [2.05, 4.69) is 29.2 Å². The first-order valence-corrected chi connectivity index (χ1v) is 8.85. The SMILES string of the molecule is O=C(c1cccc2cc[nH]c12)N1CCC2(CC1)OCc1ccccc12. The van der Waals surface area contributed by atoms with E-state index in [-0.39, 0.29) is 11.5 Å². The minimum Gasteiger partial charge on any atom is -0.365 e. The molecule has 1 spiro atoms. The summed E-state index contributed by atoms with van der Waals surface area (Å²) in [6, 6.07) is 16.4. The molecule has 25 heavy (non-hydrogen) atoms. The summed E-state index contributed by atoms with van der Waals surface area (Å²) >= 11 is 0. The zero-order valence-electron chi connectivity index (χ0n) is 14.0. The van der Waals surface area contributed by atoms with Crippen LogP contribution in [0.1, 0.15) is 34.3 Å². The van der Waals surface area contributed by atoms with E-state index in [1.807, 2.05) is 35.4 Å². The lowest BCUT2D eigenvalue weighted by Gasteiger charge is -2.39. The third kappa shape index (κ3) is 2.21. The second kappa shape index (κ2) is 5.46. The third-order valence-electron chi connectivity index (χ3n) is 5.69. The molecule has 1 amide bonds. The lowest BCUT2D eigenvalue weighted by atomic mass is 9.83. The van der Waals surface area contributed by atoms with Crippen molar-refractivity contribution < 1.29 is 9.53 Å². The van der Waals surface area contributed by atoms with E-state index in [1.54, 1.807) is 0 Å². The summed E-state index contributed by atoms with van der Waals surface area (Å²) < 4.78 is 6.20. The van der Waals surface area contributed by atoms with Gasteiger partial charge in [-0.3, -0.25) is 4.79 Å². The molecule has 0 radical (unpaired) electrons. The van der Waals surface area contributed by atoms with Crippen LogP contribution < -0.4 is 0 Å². The van der Waals surface area contributed by atoms with Gasteiger partial charge in [0.2, 0.25) is 0 Å². The van der Waals surface area contributed by atoms with Crippen molar-refractivity contribution in [2.24, 2.45) is 0 Å². The number of ether oxygens (including phenoxy) is 1. The number of carbonyl (C=O) groups is 1. The summed E-state index contributed by atoms with van der Waals surface area (Å²) in [7, 11) is 0. The Labute approximate surface area is 146 Å². The molecule has 126 valence electrons. The van der Waals surface area contributed by atoms with Crippen LogP contribution in [0.25, 0.3) is 10.9 Å². The van der Waals surface area contributed by atoms with Gasteiger partial charge >= 0.3 is 0 Å². The van der Waals surface area contributed by atoms with Gasteiger partial charge in [0.25, 0.3) is 5.91 Å². The van der Waals surface area contributed by atoms with Crippen molar-refractivity contribution >= 4 is 16.8 Å². The van der Waals surface area contributed by atoms with Crippen molar-refractivity contribution in [3.8, 4) is 0 Å². The fourth-order valence-electron chi connectivity index (χ4n) is 4.30. The highest BCUT2D eigenvalue weighted by Crippen LogP contribution is 2.44.